The van der Waals surface area contributed by atoms with Crippen LogP contribution in [0.5, 0.6) is 0 Å². The molecule has 1 atom stereocenters. The second-order valence-corrected chi connectivity index (χ2v) is 15.1. The largest absolute Gasteiger partial charge is 0.462 e. The van der Waals surface area contributed by atoms with E-state index in [2.05, 4.69) is 38.2 Å². The van der Waals surface area contributed by atoms with Crippen molar-refractivity contribution in [3.05, 3.63) is 24.3 Å². The Balaban J connectivity index is 3.50. The lowest BCUT2D eigenvalue weighted by Gasteiger charge is -2.15. The number of ether oxygens (including phenoxy) is 2. The maximum atomic E-state index is 12.2. The van der Waals surface area contributed by atoms with Gasteiger partial charge in [0.2, 0.25) is 0 Å². The number of hydrogen-bond acceptors (Lipinski definition) is 5. The molecule has 1 N–H and O–H groups in total. The number of esters is 2. The van der Waals surface area contributed by atoms with Crippen LogP contribution >= 0.6 is 0 Å². The molecule has 0 aliphatic carbocycles. The first-order valence-corrected chi connectivity index (χ1v) is 22.4. The van der Waals surface area contributed by atoms with Crippen LogP contribution in [-0.4, -0.2) is 36.4 Å². The van der Waals surface area contributed by atoms with E-state index >= 15 is 0 Å². The summed E-state index contributed by atoms with van der Waals surface area (Å²) < 4.78 is 10.6. The van der Waals surface area contributed by atoms with Crippen LogP contribution < -0.4 is 0 Å². The van der Waals surface area contributed by atoms with Crippen LogP contribution in [0.3, 0.4) is 0 Å². The highest BCUT2D eigenvalue weighted by Gasteiger charge is 2.16. The summed E-state index contributed by atoms with van der Waals surface area (Å²) >= 11 is 0. The minimum atomic E-state index is -0.768. The van der Waals surface area contributed by atoms with Crippen molar-refractivity contribution in [2.45, 2.75) is 245 Å². The molecule has 300 valence electrons. The molecule has 0 amide bonds. The van der Waals surface area contributed by atoms with Gasteiger partial charge in [0, 0.05) is 12.8 Å². The molecule has 0 fully saturated rings. The fourth-order valence-electron chi connectivity index (χ4n) is 6.59. The fraction of sp³-hybridized carbons (Fsp3) is 0.870. The first-order valence-electron chi connectivity index (χ1n) is 22.4. The minimum absolute atomic E-state index is 0.0633. The molecule has 0 heterocycles. The zero-order valence-electron chi connectivity index (χ0n) is 34.1. The lowest BCUT2D eigenvalue weighted by Crippen LogP contribution is -2.28. The Hall–Kier alpha value is -1.62. The zero-order valence-corrected chi connectivity index (χ0v) is 34.1. The molecular weight excluding hydrogens is 633 g/mol. The number of allylic oxidation sites excluding steroid dienone is 4. The van der Waals surface area contributed by atoms with Crippen molar-refractivity contribution < 1.29 is 24.2 Å². The summed E-state index contributed by atoms with van der Waals surface area (Å²) in [5.74, 6) is -0.583. The van der Waals surface area contributed by atoms with Crippen LogP contribution in [0.2, 0.25) is 0 Å². The zero-order chi connectivity index (χ0) is 37.1. The summed E-state index contributed by atoms with van der Waals surface area (Å²) in [6.45, 7) is 4.14. The minimum Gasteiger partial charge on any atom is -0.462 e. The second kappa shape index (κ2) is 42.8. The Morgan fingerprint density at radius 3 is 1.20 bits per heavy atom. The Labute approximate surface area is 317 Å². The molecule has 5 heteroatoms. The van der Waals surface area contributed by atoms with E-state index in [0.717, 1.165) is 44.9 Å². The van der Waals surface area contributed by atoms with Crippen molar-refractivity contribution in [3.63, 3.8) is 0 Å². The summed E-state index contributed by atoms with van der Waals surface area (Å²) in [5.41, 5.74) is 0. The van der Waals surface area contributed by atoms with Crippen LogP contribution in [-0.2, 0) is 19.1 Å². The molecule has 0 radical (unpaired) electrons. The first kappa shape index (κ1) is 49.4. The van der Waals surface area contributed by atoms with Gasteiger partial charge in [-0.05, 0) is 44.9 Å². The van der Waals surface area contributed by atoms with Crippen LogP contribution in [0, 0.1) is 0 Å². The third-order valence-corrected chi connectivity index (χ3v) is 10.00. The molecule has 0 aromatic heterocycles. The van der Waals surface area contributed by atoms with Crippen molar-refractivity contribution in [1.82, 2.24) is 0 Å². The highest BCUT2D eigenvalue weighted by Crippen LogP contribution is 2.16. The van der Waals surface area contributed by atoms with E-state index in [1.165, 1.54) is 167 Å². The van der Waals surface area contributed by atoms with E-state index in [0.29, 0.717) is 12.8 Å². The molecule has 0 unspecified atom stereocenters. The predicted molar refractivity (Wildman–Crippen MR) is 219 cm³/mol. The predicted octanol–water partition coefficient (Wildman–Crippen LogP) is 14.2. The molecule has 0 spiro atoms. The Kier molecular flexibility index (Phi) is 41.4. The molecule has 0 aliphatic rings. The van der Waals surface area contributed by atoms with Gasteiger partial charge in [-0.15, -0.1) is 0 Å². The first-order chi connectivity index (χ1) is 25.1. The SMILES string of the molecule is CCCCC/C=C/C/C=C/CCCCCCCCCCCC(=O)OC[C@H](CO)OC(=O)CCCCCCCCCCCCCCCCCCCC. The fourth-order valence-corrected chi connectivity index (χ4v) is 6.59. The van der Waals surface area contributed by atoms with Crippen molar-refractivity contribution in [2.75, 3.05) is 13.2 Å². The monoisotopic (exact) mass is 719 g/mol. The molecule has 5 nitrogen and oxygen atoms in total. The van der Waals surface area contributed by atoms with E-state index < -0.39 is 6.10 Å². The molecule has 0 aliphatic heterocycles. The number of aliphatic hydroxyl groups is 1. The second-order valence-electron chi connectivity index (χ2n) is 15.1. The molecule has 0 aromatic rings. The molecular formula is C46H86O5. The average molecular weight is 719 g/mol. The molecule has 0 saturated carbocycles. The smallest absolute Gasteiger partial charge is 0.306 e. The van der Waals surface area contributed by atoms with Gasteiger partial charge in [-0.25, -0.2) is 0 Å². The van der Waals surface area contributed by atoms with Crippen molar-refractivity contribution in [3.8, 4) is 0 Å². The third kappa shape index (κ3) is 41.0. The average Bonchev–Trinajstić information content (AvgIpc) is 3.13. The van der Waals surface area contributed by atoms with Gasteiger partial charge in [0.25, 0.3) is 0 Å². The number of hydrogen-bond donors (Lipinski definition) is 1. The quantitative estimate of drug-likeness (QED) is 0.0387. The standard InChI is InChI=1S/C46H86O5/c1-3-5-7-9-11-13-15-17-19-21-23-25-26-28-30-32-34-36-38-40-45(48)50-43-44(42-47)51-46(49)41-39-37-35-33-31-29-27-24-22-20-18-16-14-12-10-8-6-4-2/h11,13,17,19,44,47H,3-10,12,14-16,18,20-43H2,1-2H3/b13-11+,19-17+/t44-/m0/s1. The molecule has 51 heavy (non-hydrogen) atoms. The van der Waals surface area contributed by atoms with Crippen LogP contribution in [0.1, 0.15) is 239 Å². The number of carbonyl (C=O) groups excluding carboxylic acids is 2. The number of aliphatic hydroxyl groups excluding tert-OH is 1. The normalized spacial score (nSPS) is 12.3. The lowest BCUT2D eigenvalue weighted by molar-refractivity contribution is -0.161. The van der Waals surface area contributed by atoms with Gasteiger partial charge in [0.1, 0.15) is 6.61 Å². The maximum absolute atomic E-state index is 12.2. The van der Waals surface area contributed by atoms with Crippen molar-refractivity contribution >= 4 is 11.9 Å². The maximum Gasteiger partial charge on any atom is 0.306 e. The van der Waals surface area contributed by atoms with E-state index in [1.807, 2.05) is 0 Å². The van der Waals surface area contributed by atoms with Crippen LogP contribution in [0.15, 0.2) is 24.3 Å². The Morgan fingerprint density at radius 1 is 0.451 bits per heavy atom. The molecule has 0 aromatic carbocycles. The van der Waals surface area contributed by atoms with E-state index in [4.69, 9.17) is 9.47 Å². The van der Waals surface area contributed by atoms with Gasteiger partial charge >= 0.3 is 11.9 Å². The van der Waals surface area contributed by atoms with Gasteiger partial charge in [0.15, 0.2) is 6.10 Å². The molecule has 0 bridgehead atoms. The van der Waals surface area contributed by atoms with E-state index in [1.54, 1.807) is 0 Å². The van der Waals surface area contributed by atoms with Gasteiger partial charge in [-0.3, -0.25) is 9.59 Å². The molecule has 0 rings (SSSR count). The van der Waals surface area contributed by atoms with Crippen molar-refractivity contribution in [2.24, 2.45) is 0 Å². The lowest BCUT2D eigenvalue weighted by atomic mass is 10.0. The third-order valence-electron chi connectivity index (χ3n) is 10.00. The highest BCUT2D eigenvalue weighted by molar-refractivity contribution is 5.70. The number of unbranched alkanes of at least 4 members (excludes halogenated alkanes) is 29. The summed E-state index contributed by atoms with van der Waals surface area (Å²) in [5, 5.41) is 9.59. The highest BCUT2D eigenvalue weighted by atomic mass is 16.6. The Bertz CT molecular complexity index is 776. The van der Waals surface area contributed by atoms with Gasteiger partial charge in [-0.1, -0.05) is 205 Å². The Morgan fingerprint density at radius 2 is 0.784 bits per heavy atom. The summed E-state index contributed by atoms with van der Waals surface area (Å²) in [6, 6.07) is 0. The van der Waals surface area contributed by atoms with E-state index in [9.17, 15) is 14.7 Å². The summed E-state index contributed by atoms with van der Waals surface area (Å²) in [7, 11) is 0. The van der Waals surface area contributed by atoms with Crippen LogP contribution in [0.4, 0.5) is 0 Å². The van der Waals surface area contributed by atoms with Gasteiger partial charge < -0.3 is 14.6 Å². The van der Waals surface area contributed by atoms with Crippen LogP contribution in [0.25, 0.3) is 0 Å². The number of rotatable bonds is 41. The topological polar surface area (TPSA) is 72.8 Å². The van der Waals surface area contributed by atoms with Gasteiger partial charge in [-0.2, -0.15) is 0 Å². The summed E-state index contributed by atoms with van der Waals surface area (Å²) in [6.07, 6.45) is 51.0. The number of carbonyl (C=O) groups is 2. The van der Waals surface area contributed by atoms with Crippen molar-refractivity contribution in [1.29, 1.82) is 0 Å². The summed E-state index contributed by atoms with van der Waals surface area (Å²) in [4.78, 5) is 24.3. The molecule has 0 saturated heterocycles. The van der Waals surface area contributed by atoms with Gasteiger partial charge in [0.05, 0.1) is 6.61 Å². The van der Waals surface area contributed by atoms with E-state index in [-0.39, 0.29) is 25.2 Å².